The fourth-order valence-corrected chi connectivity index (χ4v) is 3.06. The first-order chi connectivity index (χ1) is 8.28. The van der Waals surface area contributed by atoms with Gasteiger partial charge in [-0.05, 0) is 30.5 Å². The van der Waals surface area contributed by atoms with Gasteiger partial charge < -0.3 is 0 Å². The molecule has 0 bridgehead atoms. The van der Waals surface area contributed by atoms with E-state index in [1.165, 1.54) is 16.3 Å². The number of aromatic nitrogens is 1. The highest BCUT2D eigenvalue weighted by molar-refractivity contribution is 9.10. The molecule has 0 aliphatic carbocycles. The van der Waals surface area contributed by atoms with Gasteiger partial charge in [-0.1, -0.05) is 28.1 Å². The maximum Gasteiger partial charge on any atom is 0.0972 e. The van der Waals surface area contributed by atoms with Gasteiger partial charge in [0.25, 0.3) is 0 Å². The van der Waals surface area contributed by atoms with Crippen LogP contribution >= 0.6 is 38.9 Å². The van der Waals surface area contributed by atoms with Crippen molar-refractivity contribution >= 4 is 38.9 Å². The van der Waals surface area contributed by atoms with Crippen LogP contribution in [0.5, 0.6) is 0 Å². The Hall–Kier alpha value is -0.380. The van der Waals surface area contributed by atoms with E-state index < -0.39 is 0 Å². The van der Waals surface area contributed by atoms with Crippen LogP contribution in [-0.2, 0) is 12.8 Å². The second-order valence-electron chi connectivity index (χ2n) is 3.83. The first-order valence-corrected chi connectivity index (χ1v) is 7.72. The van der Waals surface area contributed by atoms with E-state index in [4.69, 9.17) is 11.6 Å². The quantitative estimate of drug-likeness (QED) is 0.726. The summed E-state index contributed by atoms with van der Waals surface area (Å²) < 4.78 is 1.12. The number of benzene rings is 1. The first kappa shape index (κ1) is 13.1. The molecular weight excluding hydrogens is 318 g/mol. The summed E-state index contributed by atoms with van der Waals surface area (Å²) in [7, 11) is 0. The lowest BCUT2D eigenvalue weighted by atomic mass is 10.2. The van der Waals surface area contributed by atoms with Gasteiger partial charge in [0.05, 0.1) is 10.7 Å². The molecule has 1 aromatic carbocycles. The summed E-state index contributed by atoms with van der Waals surface area (Å²) in [6.07, 6.45) is 2.89. The van der Waals surface area contributed by atoms with E-state index in [0.29, 0.717) is 5.88 Å². The molecule has 2 aromatic rings. The monoisotopic (exact) mass is 329 g/mol. The second-order valence-corrected chi connectivity index (χ2v) is 6.07. The molecule has 1 nitrogen and oxygen atoms in total. The molecule has 0 aliphatic rings. The molecule has 0 unspecified atom stereocenters. The zero-order valence-electron chi connectivity index (χ0n) is 9.33. The van der Waals surface area contributed by atoms with Gasteiger partial charge in [-0.15, -0.1) is 22.9 Å². The van der Waals surface area contributed by atoms with Gasteiger partial charge in [-0.3, -0.25) is 0 Å². The molecule has 0 aliphatic heterocycles. The predicted octanol–water partition coefficient (Wildman–Crippen LogP) is 4.67. The van der Waals surface area contributed by atoms with Crippen molar-refractivity contribution in [3.05, 3.63) is 50.4 Å². The van der Waals surface area contributed by atoms with Crippen molar-refractivity contribution in [3.8, 4) is 0 Å². The van der Waals surface area contributed by atoms with Crippen LogP contribution in [0, 0.1) is 0 Å². The maximum absolute atomic E-state index is 5.68. The Labute approximate surface area is 119 Å². The number of rotatable bonds is 5. The predicted molar refractivity (Wildman–Crippen MR) is 78.1 cm³/mol. The molecule has 0 atom stereocenters. The van der Waals surface area contributed by atoms with Gasteiger partial charge in [-0.2, -0.15) is 0 Å². The van der Waals surface area contributed by atoms with Gasteiger partial charge in [0, 0.05) is 22.2 Å². The molecule has 4 heteroatoms. The van der Waals surface area contributed by atoms with Crippen LogP contribution in [-0.4, -0.2) is 10.9 Å². The van der Waals surface area contributed by atoms with Gasteiger partial charge in [0.1, 0.15) is 0 Å². The summed E-state index contributed by atoms with van der Waals surface area (Å²) in [5.41, 5.74) is 2.46. The molecule has 2 rings (SSSR count). The fraction of sp³-hybridized carbons (Fsp3) is 0.308. The lowest BCUT2D eigenvalue weighted by molar-refractivity contribution is 0.889. The number of thiazole rings is 1. The Morgan fingerprint density at radius 2 is 2.24 bits per heavy atom. The Morgan fingerprint density at radius 1 is 1.35 bits per heavy atom. The van der Waals surface area contributed by atoms with E-state index in [1.807, 2.05) is 6.07 Å². The number of hydrogen-bond donors (Lipinski definition) is 0. The largest absolute Gasteiger partial charge is 0.246 e. The number of hydrogen-bond acceptors (Lipinski definition) is 2. The van der Waals surface area contributed by atoms with Crippen molar-refractivity contribution in [2.24, 2.45) is 0 Å². The Kier molecular flexibility index (Phi) is 5.01. The van der Waals surface area contributed by atoms with Crippen LogP contribution in [0.25, 0.3) is 0 Å². The summed E-state index contributed by atoms with van der Waals surface area (Å²) in [6, 6.07) is 8.36. The van der Waals surface area contributed by atoms with Gasteiger partial charge >= 0.3 is 0 Å². The highest BCUT2D eigenvalue weighted by Crippen LogP contribution is 2.18. The number of nitrogens with zero attached hydrogens (tertiary/aromatic N) is 1. The van der Waals surface area contributed by atoms with Crippen LogP contribution < -0.4 is 0 Å². The smallest absolute Gasteiger partial charge is 0.0972 e. The van der Waals surface area contributed by atoms with Crippen LogP contribution in [0.15, 0.2) is 34.1 Å². The van der Waals surface area contributed by atoms with Crippen molar-refractivity contribution in [1.82, 2.24) is 4.98 Å². The number of aryl methyl sites for hydroxylation is 1. The number of halogens is 2. The zero-order valence-corrected chi connectivity index (χ0v) is 12.5. The van der Waals surface area contributed by atoms with Crippen LogP contribution in [0.3, 0.4) is 0 Å². The molecule has 0 fully saturated rings. The molecule has 90 valence electrons. The van der Waals surface area contributed by atoms with E-state index in [2.05, 4.69) is 44.5 Å². The Bertz CT molecular complexity index is 484. The number of alkyl halides is 1. The van der Waals surface area contributed by atoms with Crippen molar-refractivity contribution in [3.63, 3.8) is 0 Å². The third kappa shape index (κ3) is 4.09. The molecule has 0 N–H and O–H groups in total. The summed E-state index contributed by atoms with van der Waals surface area (Å²) in [6.45, 7) is 0. The molecule has 0 amide bonds. The van der Waals surface area contributed by atoms with Crippen molar-refractivity contribution in [2.45, 2.75) is 19.3 Å². The average molecular weight is 331 g/mol. The van der Waals surface area contributed by atoms with Gasteiger partial charge in [0.2, 0.25) is 0 Å². The summed E-state index contributed by atoms with van der Waals surface area (Å²) in [5, 5.41) is 3.31. The van der Waals surface area contributed by atoms with Crippen molar-refractivity contribution < 1.29 is 0 Å². The standard InChI is InChI=1S/C13H13BrClNS/c14-11-4-1-3-10(7-11)8-13-16-12(9-17-13)5-2-6-15/h1,3-4,7,9H,2,5-6,8H2. The third-order valence-corrected chi connectivity index (χ3v) is 4.07. The topological polar surface area (TPSA) is 12.9 Å². The van der Waals surface area contributed by atoms with E-state index in [-0.39, 0.29) is 0 Å². The lowest BCUT2D eigenvalue weighted by Gasteiger charge is -1.98. The maximum atomic E-state index is 5.68. The molecular formula is C13H13BrClNS. The molecule has 0 saturated heterocycles. The SMILES string of the molecule is ClCCCc1csc(Cc2cccc(Br)c2)n1. The van der Waals surface area contributed by atoms with Gasteiger partial charge in [-0.25, -0.2) is 4.98 Å². The van der Waals surface area contributed by atoms with Crippen molar-refractivity contribution in [1.29, 1.82) is 0 Å². The molecule has 17 heavy (non-hydrogen) atoms. The third-order valence-electron chi connectivity index (χ3n) is 2.41. The lowest BCUT2D eigenvalue weighted by Crippen LogP contribution is -1.90. The summed E-state index contributed by atoms with van der Waals surface area (Å²) in [5.74, 6) is 0.707. The molecule has 1 heterocycles. The second kappa shape index (κ2) is 6.53. The average Bonchev–Trinajstić information content (AvgIpc) is 2.74. The normalized spacial score (nSPS) is 10.7. The van der Waals surface area contributed by atoms with E-state index in [1.54, 1.807) is 11.3 Å². The Balaban J connectivity index is 2.01. The van der Waals surface area contributed by atoms with E-state index in [9.17, 15) is 0 Å². The fourth-order valence-electron chi connectivity index (χ4n) is 1.61. The minimum absolute atomic E-state index is 0.707. The highest BCUT2D eigenvalue weighted by atomic mass is 79.9. The molecule has 0 radical (unpaired) electrons. The zero-order chi connectivity index (χ0) is 12.1. The minimum atomic E-state index is 0.707. The first-order valence-electron chi connectivity index (χ1n) is 5.51. The Morgan fingerprint density at radius 3 is 3.00 bits per heavy atom. The summed E-state index contributed by atoms with van der Waals surface area (Å²) in [4.78, 5) is 4.62. The van der Waals surface area contributed by atoms with Crippen molar-refractivity contribution in [2.75, 3.05) is 5.88 Å². The molecule has 0 saturated carbocycles. The van der Waals surface area contributed by atoms with Crippen LogP contribution in [0.2, 0.25) is 0 Å². The molecule has 1 aromatic heterocycles. The highest BCUT2D eigenvalue weighted by Gasteiger charge is 2.03. The molecule has 0 spiro atoms. The van der Waals surface area contributed by atoms with Crippen LogP contribution in [0.1, 0.15) is 22.7 Å². The van der Waals surface area contributed by atoms with E-state index in [0.717, 1.165) is 23.7 Å². The van der Waals surface area contributed by atoms with Crippen LogP contribution in [0.4, 0.5) is 0 Å². The van der Waals surface area contributed by atoms with Gasteiger partial charge in [0.15, 0.2) is 0 Å². The summed E-state index contributed by atoms with van der Waals surface area (Å²) >= 11 is 10.9. The minimum Gasteiger partial charge on any atom is -0.246 e. The van der Waals surface area contributed by atoms with E-state index >= 15 is 0 Å².